The largest absolute Gasteiger partial charge is 0.378 e. The van der Waals surface area contributed by atoms with E-state index in [2.05, 4.69) is 42.7 Å². The summed E-state index contributed by atoms with van der Waals surface area (Å²) in [7, 11) is 0. The van der Waals surface area contributed by atoms with Gasteiger partial charge in [0.2, 0.25) is 11.9 Å². The number of morpholine rings is 1. The van der Waals surface area contributed by atoms with Gasteiger partial charge in [0.25, 0.3) is 0 Å². The first-order valence-electron chi connectivity index (χ1n) is 9.22. The molecule has 152 valence electrons. The molecule has 1 saturated heterocycles. The Morgan fingerprint density at radius 3 is 2.72 bits per heavy atom. The summed E-state index contributed by atoms with van der Waals surface area (Å²) in [5.41, 5.74) is 1.13. The highest BCUT2D eigenvalue weighted by molar-refractivity contribution is 7.99. The highest BCUT2D eigenvalue weighted by Gasteiger charge is 2.21. The molecule has 0 unspecified atom stereocenters. The first-order chi connectivity index (χ1) is 14.2. The molecule has 1 aliphatic rings. The van der Waals surface area contributed by atoms with Crippen LogP contribution in [0.1, 0.15) is 11.4 Å². The summed E-state index contributed by atoms with van der Waals surface area (Å²) in [6.45, 7) is 5.14. The second kappa shape index (κ2) is 9.05. The first-order valence-corrected chi connectivity index (χ1v) is 10.2. The van der Waals surface area contributed by atoms with Crippen LogP contribution in [0.5, 0.6) is 0 Å². The van der Waals surface area contributed by atoms with Gasteiger partial charge in [-0.3, -0.25) is 14.7 Å². The van der Waals surface area contributed by atoms with Crippen LogP contribution in [0.2, 0.25) is 0 Å². The van der Waals surface area contributed by atoms with Crippen LogP contribution in [0.25, 0.3) is 0 Å². The van der Waals surface area contributed by atoms with Gasteiger partial charge >= 0.3 is 6.01 Å². The van der Waals surface area contributed by atoms with Crippen LogP contribution in [0.3, 0.4) is 0 Å². The molecular weight excluding hydrogens is 394 g/mol. The van der Waals surface area contributed by atoms with Crippen molar-refractivity contribution in [2.75, 3.05) is 42.3 Å². The van der Waals surface area contributed by atoms with Gasteiger partial charge in [-0.2, -0.15) is 4.98 Å². The number of amides is 1. The summed E-state index contributed by atoms with van der Waals surface area (Å²) in [5, 5.41) is 15.6. The molecule has 1 fully saturated rings. The number of aryl methyl sites for hydroxylation is 1. The van der Waals surface area contributed by atoms with Crippen LogP contribution in [0.4, 0.5) is 12.0 Å². The zero-order valence-electron chi connectivity index (χ0n) is 15.9. The zero-order chi connectivity index (χ0) is 20.1. The van der Waals surface area contributed by atoms with Crippen molar-refractivity contribution in [3.05, 3.63) is 41.7 Å². The molecule has 0 radical (unpaired) electrons. The molecule has 3 aromatic rings. The van der Waals surface area contributed by atoms with Crippen LogP contribution in [-0.2, 0) is 16.1 Å². The summed E-state index contributed by atoms with van der Waals surface area (Å²) in [6.07, 6.45) is 0. The summed E-state index contributed by atoms with van der Waals surface area (Å²) in [5.74, 6) is 1.15. The van der Waals surface area contributed by atoms with Gasteiger partial charge < -0.3 is 14.2 Å². The van der Waals surface area contributed by atoms with Gasteiger partial charge in [0.15, 0.2) is 11.0 Å². The van der Waals surface area contributed by atoms with E-state index in [0.717, 1.165) is 24.6 Å². The maximum Gasteiger partial charge on any atom is 0.328 e. The second-order valence-corrected chi connectivity index (χ2v) is 7.38. The topological polar surface area (TPSA) is 111 Å². The van der Waals surface area contributed by atoms with Gasteiger partial charge in [-0.1, -0.05) is 47.3 Å². The molecule has 4 rings (SSSR count). The molecule has 0 spiro atoms. The van der Waals surface area contributed by atoms with Crippen LogP contribution in [0, 0.1) is 6.92 Å². The third kappa shape index (κ3) is 4.93. The number of aromatic nitrogens is 5. The maximum absolute atomic E-state index is 12.2. The smallest absolute Gasteiger partial charge is 0.328 e. The maximum atomic E-state index is 12.2. The summed E-state index contributed by atoms with van der Waals surface area (Å²) in [4.78, 5) is 18.4. The lowest BCUT2D eigenvalue weighted by Crippen LogP contribution is -2.38. The van der Waals surface area contributed by atoms with Crippen molar-refractivity contribution in [1.29, 1.82) is 0 Å². The van der Waals surface area contributed by atoms with Gasteiger partial charge in [0.05, 0.1) is 25.5 Å². The van der Waals surface area contributed by atoms with Crippen molar-refractivity contribution in [3.63, 3.8) is 0 Å². The Hall–Kier alpha value is -2.92. The SMILES string of the molecule is Cc1noc(NC(=O)CSc2nnc(N3CCOCC3)n2Cc2ccccc2)n1. The Kier molecular flexibility index (Phi) is 6.06. The van der Waals surface area contributed by atoms with Crippen LogP contribution >= 0.6 is 11.8 Å². The molecular formula is C18H21N7O3S. The van der Waals surface area contributed by atoms with Crippen molar-refractivity contribution in [1.82, 2.24) is 24.9 Å². The lowest BCUT2D eigenvalue weighted by molar-refractivity contribution is -0.114. The Balaban J connectivity index is 1.49. The molecule has 3 heterocycles. The molecule has 0 atom stereocenters. The van der Waals surface area contributed by atoms with E-state index < -0.39 is 0 Å². The average Bonchev–Trinajstić information content (AvgIpc) is 3.33. The first kappa shape index (κ1) is 19.4. The van der Waals surface area contributed by atoms with Gasteiger partial charge in [-0.25, -0.2) is 0 Å². The second-order valence-electron chi connectivity index (χ2n) is 6.44. The Bertz CT molecular complexity index is 954. The number of nitrogens with zero attached hydrogens (tertiary/aromatic N) is 6. The predicted octanol–water partition coefficient (Wildman–Crippen LogP) is 1.59. The van der Waals surface area contributed by atoms with Gasteiger partial charge in [-0.15, -0.1) is 10.2 Å². The fourth-order valence-electron chi connectivity index (χ4n) is 2.92. The van der Waals surface area contributed by atoms with Crippen molar-refractivity contribution in [2.45, 2.75) is 18.6 Å². The van der Waals surface area contributed by atoms with E-state index in [1.54, 1.807) is 6.92 Å². The molecule has 0 saturated carbocycles. The van der Waals surface area contributed by atoms with E-state index in [0.29, 0.717) is 30.7 Å². The number of thioether (sulfide) groups is 1. The minimum absolute atomic E-state index is 0.0906. The number of carbonyl (C=O) groups is 1. The quantitative estimate of drug-likeness (QED) is 0.575. The Morgan fingerprint density at radius 2 is 2.00 bits per heavy atom. The van der Waals surface area contributed by atoms with E-state index in [-0.39, 0.29) is 17.7 Å². The van der Waals surface area contributed by atoms with Crippen LogP contribution in [0.15, 0.2) is 40.0 Å². The molecule has 1 amide bonds. The van der Waals surface area contributed by atoms with E-state index in [1.165, 1.54) is 11.8 Å². The highest BCUT2D eigenvalue weighted by Crippen LogP contribution is 2.24. The molecule has 1 aromatic carbocycles. The van der Waals surface area contributed by atoms with Crippen molar-refractivity contribution in [2.24, 2.45) is 0 Å². The van der Waals surface area contributed by atoms with Crippen molar-refractivity contribution >= 4 is 29.6 Å². The molecule has 29 heavy (non-hydrogen) atoms. The van der Waals surface area contributed by atoms with Gasteiger partial charge in [0.1, 0.15) is 0 Å². The highest BCUT2D eigenvalue weighted by atomic mass is 32.2. The summed E-state index contributed by atoms with van der Waals surface area (Å²) >= 11 is 1.31. The van der Waals surface area contributed by atoms with Crippen LogP contribution in [-0.4, -0.2) is 62.9 Å². The molecule has 0 aliphatic carbocycles. The number of ether oxygens (including phenoxy) is 1. The van der Waals surface area contributed by atoms with Crippen molar-refractivity contribution in [3.8, 4) is 0 Å². The molecule has 1 N–H and O–H groups in total. The lowest BCUT2D eigenvalue weighted by Gasteiger charge is -2.28. The van der Waals surface area contributed by atoms with E-state index in [4.69, 9.17) is 9.26 Å². The van der Waals surface area contributed by atoms with E-state index >= 15 is 0 Å². The number of hydrogen-bond acceptors (Lipinski definition) is 9. The summed E-state index contributed by atoms with van der Waals surface area (Å²) < 4.78 is 12.4. The monoisotopic (exact) mass is 415 g/mol. The molecule has 11 heteroatoms. The average molecular weight is 415 g/mol. The Morgan fingerprint density at radius 1 is 1.21 bits per heavy atom. The summed E-state index contributed by atoms with van der Waals surface area (Å²) in [6, 6.07) is 10.2. The van der Waals surface area contributed by atoms with Gasteiger partial charge in [0, 0.05) is 13.1 Å². The standard InChI is InChI=1S/C18H21N7O3S/c1-13-19-16(28-23-13)20-15(26)12-29-18-22-21-17(24-7-9-27-10-8-24)25(18)11-14-5-3-2-4-6-14/h2-6H,7-12H2,1H3,(H,19,20,23,26). The number of nitrogens with one attached hydrogen (secondary N) is 1. The minimum Gasteiger partial charge on any atom is -0.378 e. The van der Waals surface area contributed by atoms with E-state index in [9.17, 15) is 4.79 Å². The van der Waals surface area contributed by atoms with Crippen molar-refractivity contribution < 1.29 is 14.1 Å². The third-order valence-corrected chi connectivity index (χ3v) is 5.25. The number of hydrogen-bond donors (Lipinski definition) is 1. The molecule has 2 aromatic heterocycles. The fraction of sp³-hybridized carbons (Fsp3) is 0.389. The number of rotatable bonds is 7. The molecule has 10 nitrogen and oxygen atoms in total. The number of anilines is 2. The van der Waals surface area contributed by atoms with E-state index in [1.807, 2.05) is 22.8 Å². The number of carbonyl (C=O) groups excluding carboxylic acids is 1. The molecule has 0 bridgehead atoms. The Labute approximate surface area is 171 Å². The third-order valence-electron chi connectivity index (χ3n) is 4.28. The predicted molar refractivity (Wildman–Crippen MR) is 107 cm³/mol. The normalized spacial score (nSPS) is 14.2. The minimum atomic E-state index is -0.249. The fourth-order valence-corrected chi connectivity index (χ4v) is 3.66. The zero-order valence-corrected chi connectivity index (χ0v) is 16.8. The van der Waals surface area contributed by atoms with Crippen LogP contribution < -0.4 is 10.2 Å². The molecule has 1 aliphatic heterocycles. The van der Waals surface area contributed by atoms with Gasteiger partial charge in [-0.05, 0) is 12.5 Å². The lowest BCUT2D eigenvalue weighted by atomic mass is 10.2. The number of benzene rings is 1.